The van der Waals surface area contributed by atoms with E-state index in [9.17, 15) is 31.5 Å². The van der Waals surface area contributed by atoms with Crippen LogP contribution < -0.4 is 4.72 Å². The van der Waals surface area contributed by atoms with Crippen LogP contribution >= 0.6 is 0 Å². The van der Waals surface area contributed by atoms with Crippen molar-refractivity contribution in [1.82, 2.24) is 4.72 Å². The van der Waals surface area contributed by atoms with E-state index in [0.717, 1.165) is 0 Å². The Labute approximate surface area is 120 Å². The van der Waals surface area contributed by atoms with Gasteiger partial charge in [0.15, 0.2) is 0 Å². The van der Waals surface area contributed by atoms with Crippen molar-refractivity contribution in [3.05, 3.63) is 0 Å². The van der Waals surface area contributed by atoms with Gasteiger partial charge >= 0.3 is 12.1 Å². The largest absolute Gasteiger partial charge is 0.481 e. The molecule has 0 spiro atoms. The predicted molar refractivity (Wildman–Crippen MR) is 67.2 cm³/mol. The highest BCUT2D eigenvalue weighted by atomic mass is 32.2. The summed E-state index contributed by atoms with van der Waals surface area (Å²) in [5.41, 5.74) is -1.25. The maximum atomic E-state index is 12.0. The van der Waals surface area contributed by atoms with E-state index in [2.05, 4.69) is 4.72 Å². The highest BCUT2D eigenvalue weighted by Gasteiger charge is 2.41. The smallest absolute Gasteiger partial charge is 0.389 e. The molecule has 0 atom stereocenters. The van der Waals surface area contributed by atoms with E-state index in [1.54, 1.807) is 0 Å². The van der Waals surface area contributed by atoms with E-state index in [1.165, 1.54) is 0 Å². The van der Waals surface area contributed by atoms with Gasteiger partial charge in [0.25, 0.3) is 0 Å². The number of aliphatic carboxylic acids is 1. The van der Waals surface area contributed by atoms with E-state index >= 15 is 0 Å². The Morgan fingerprint density at radius 1 is 1.29 bits per heavy atom. The Balaban J connectivity index is 2.52. The zero-order chi connectivity index (χ0) is 16.1. The normalized spacial score (nSPS) is 19.4. The molecule has 1 aliphatic heterocycles. The molecule has 1 saturated heterocycles. The molecule has 10 heteroatoms. The number of carboxylic acid groups (broad SMARTS) is 1. The number of carbonyl (C=O) groups is 1. The Morgan fingerprint density at radius 3 is 2.33 bits per heavy atom. The number of nitrogens with one attached hydrogen (secondary N) is 1. The second-order valence-electron chi connectivity index (χ2n) is 5.06. The number of halogens is 3. The second-order valence-corrected chi connectivity index (χ2v) is 6.98. The first-order valence-electron chi connectivity index (χ1n) is 6.42. The molecular formula is C11H18F3NO5S. The first kappa shape index (κ1) is 18.2. The van der Waals surface area contributed by atoms with Crippen LogP contribution in [-0.4, -0.2) is 51.2 Å². The summed E-state index contributed by atoms with van der Waals surface area (Å²) in [6, 6.07) is 0. The van der Waals surface area contributed by atoms with Crippen LogP contribution in [0.15, 0.2) is 0 Å². The summed E-state index contributed by atoms with van der Waals surface area (Å²) >= 11 is 0. The molecule has 21 heavy (non-hydrogen) atoms. The molecule has 0 radical (unpaired) electrons. The fourth-order valence-electron chi connectivity index (χ4n) is 2.01. The molecule has 0 saturated carbocycles. The molecule has 2 N–H and O–H groups in total. The minimum Gasteiger partial charge on any atom is -0.481 e. The van der Waals surface area contributed by atoms with Gasteiger partial charge in [0, 0.05) is 26.2 Å². The molecular weight excluding hydrogens is 315 g/mol. The third-order valence-electron chi connectivity index (χ3n) is 3.41. The molecule has 124 valence electrons. The summed E-state index contributed by atoms with van der Waals surface area (Å²) in [7, 11) is -3.93. The number of ether oxygens (including phenoxy) is 1. The van der Waals surface area contributed by atoms with Crippen LogP contribution in [0.1, 0.15) is 25.7 Å². The van der Waals surface area contributed by atoms with Crippen molar-refractivity contribution in [2.45, 2.75) is 31.9 Å². The van der Waals surface area contributed by atoms with Gasteiger partial charge in [-0.1, -0.05) is 0 Å². The fraction of sp³-hybridized carbons (Fsp3) is 0.909. The van der Waals surface area contributed by atoms with Crippen LogP contribution in [0.3, 0.4) is 0 Å². The lowest BCUT2D eigenvalue weighted by atomic mass is 9.80. The summed E-state index contributed by atoms with van der Waals surface area (Å²) in [4.78, 5) is 11.3. The molecule has 0 aromatic rings. The Kier molecular flexibility index (Phi) is 6.00. The number of alkyl halides is 3. The second kappa shape index (κ2) is 6.93. The lowest BCUT2D eigenvalue weighted by Crippen LogP contribution is -2.47. The molecule has 6 nitrogen and oxygen atoms in total. The Bertz CT molecular complexity index is 457. The molecule has 0 amide bonds. The average molecular weight is 333 g/mol. The third-order valence-corrected chi connectivity index (χ3v) is 4.82. The zero-order valence-corrected chi connectivity index (χ0v) is 12.1. The Morgan fingerprint density at radius 2 is 1.86 bits per heavy atom. The minimum absolute atomic E-state index is 0.160. The SMILES string of the molecule is O=C(O)C1(CNS(=O)(=O)CCCC(F)(F)F)CCOCC1. The van der Waals surface area contributed by atoms with Crippen molar-refractivity contribution in [3.63, 3.8) is 0 Å². The first-order chi connectivity index (χ1) is 9.56. The standard InChI is InChI=1S/C11H18F3NO5S/c12-11(13,14)2-1-7-21(18,19)15-8-10(9(16)17)3-5-20-6-4-10/h15H,1-8H2,(H,16,17). The lowest BCUT2D eigenvalue weighted by molar-refractivity contribution is -0.154. The number of sulfonamides is 1. The molecule has 0 aromatic heterocycles. The first-order valence-corrected chi connectivity index (χ1v) is 8.07. The van der Waals surface area contributed by atoms with Gasteiger partial charge in [-0.05, 0) is 19.3 Å². The average Bonchev–Trinajstić information content (AvgIpc) is 2.35. The number of hydrogen-bond acceptors (Lipinski definition) is 4. The molecule has 1 fully saturated rings. The summed E-state index contributed by atoms with van der Waals surface area (Å²) in [5.74, 6) is -1.82. The third kappa shape index (κ3) is 6.18. The van der Waals surface area contributed by atoms with Crippen LogP contribution in [0, 0.1) is 5.41 Å². The maximum absolute atomic E-state index is 12.0. The van der Waals surface area contributed by atoms with Gasteiger partial charge in [-0.2, -0.15) is 13.2 Å². The van der Waals surface area contributed by atoms with Gasteiger partial charge in [0.05, 0.1) is 11.2 Å². The summed E-state index contributed by atoms with van der Waals surface area (Å²) in [6.45, 7) is 0.0875. The predicted octanol–water partition coefficient (Wildman–Crippen LogP) is 1.13. The molecule has 0 aliphatic carbocycles. The van der Waals surface area contributed by atoms with Gasteiger partial charge < -0.3 is 9.84 Å². The van der Waals surface area contributed by atoms with Crippen LogP contribution in [0.5, 0.6) is 0 Å². The summed E-state index contributed by atoms with van der Waals surface area (Å²) in [5, 5.41) is 9.23. The number of hydrogen-bond donors (Lipinski definition) is 2. The minimum atomic E-state index is -4.40. The molecule has 0 bridgehead atoms. The summed E-state index contributed by atoms with van der Waals surface area (Å²) in [6.07, 6.45) is -5.83. The van der Waals surface area contributed by atoms with E-state index in [0.29, 0.717) is 0 Å². The molecule has 0 unspecified atom stereocenters. The van der Waals surface area contributed by atoms with Gasteiger partial charge in [0.2, 0.25) is 10.0 Å². The van der Waals surface area contributed by atoms with Crippen molar-refractivity contribution in [3.8, 4) is 0 Å². The van der Waals surface area contributed by atoms with Crippen LogP contribution in [0.4, 0.5) is 13.2 Å². The number of carboxylic acids is 1. The van der Waals surface area contributed by atoms with Crippen LogP contribution in [0.25, 0.3) is 0 Å². The van der Waals surface area contributed by atoms with Crippen molar-refractivity contribution in [2.24, 2.45) is 5.41 Å². The van der Waals surface area contributed by atoms with Crippen molar-refractivity contribution < 1.29 is 36.2 Å². The number of rotatable bonds is 7. The Hall–Kier alpha value is -0.870. The summed E-state index contributed by atoms with van der Waals surface area (Å²) < 4.78 is 66.3. The molecule has 0 aromatic carbocycles. The highest BCUT2D eigenvalue weighted by molar-refractivity contribution is 7.89. The highest BCUT2D eigenvalue weighted by Crippen LogP contribution is 2.30. The van der Waals surface area contributed by atoms with Crippen molar-refractivity contribution in [2.75, 3.05) is 25.5 Å². The lowest BCUT2D eigenvalue weighted by Gasteiger charge is -2.33. The van der Waals surface area contributed by atoms with E-state index in [-0.39, 0.29) is 32.6 Å². The topological polar surface area (TPSA) is 92.7 Å². The molecule has 1 aliphatic rings. The van der Waals surface area contributed by atoms with Crippen molar-refractivity contribution in [1.29, 1.82) is 0 Å². The zero-order valence-electron chi connectivity index (χ0n) is 11.3. The van der Waals surface area contributed by atoms with Crippen LogP contribution in [0.2, 0.25) is 0 Å². The monoisotopic (exact) mass is 333 g/mol. The fourth-order valence-corrected chi connectivity index (χ4v) is 3.18. The van der Waals surface area contributed by atoms with E-state index in [4.69, 9.17) is 4.74 Å². The van der Waals surface area contributed by atoms with Crippen molar-refractivity contribution >= 4 is 16.0 Å². The van der Waals surface area contributed by atoms with Gasteiger partial charge in [-0.15, -0.1) is 0 Å². The van der Waals surface area contributed by atoms with E-state index in [1.807, 2.05) is 0 Å². The van der Waals surface area contributed by atoms with Crippen LogP contribution in [-0.2, 0) is 19.6 Å². The quantitative estimate of drug-likeness (QED) is 0.728. The maximum Gasteiger partial charge on any atom is 0.389 e. The molecule has 1 rings (SSSR count). The van der Waals surface area contributed by atoms with Gasteiger partial charge in [-0.3, -0.25) is 4.79 Å². The van der Waals surface area contributed by atoms with Gasteiger partial charge in [0.1, 0.15) is 0 Å². The molecule has 1 heterocycles. The van der Waals surface area contributed by atoms with E-state index < -0.39 is 46.2 Å². The van der Waals surface area contributed by atoms with Gasteiger partial charge in [-0.25, -0.2) is 13.1 Å².